The molecule has 1 heterocycles. The Kier molecular flexibility index (Phi) is 3.84. The molecule has 2 rings (SSSR count). The van der Waals surface area contributed by atoms with Crippen molar-refractivity contribution < 1.29 is 13.2 Å². The number of nitrogen functional groups attached to an aromatic ring is 1. The van der Waals surface area contributed by atoms with Crippen LogP contribution in [0.5, 0.6) is 0 Å². The minimum absolute atomic E-state index is 0.00333. The van der Waals surface area contributed by atoms with Crippen LogP contribution in [0.4, 0.5) is 24.8 Å². The van der Waals surface area contributed by atoms with Crippen LogP contribution < -0.4 is 16.6 Å². The van der Waals surface area contributed by atoms with Crippen LogP contribution in [0.3, 0.4) is 0 Å². The summed E-state index contributed by atoms with van der Waals surface area (Å²) in [6, 6.07) is 1.88. The van der Waals surface area contributed by atoms with Gasteiger partial charge >= 0.3 is 6.18 Å². The highest BCUT2D eigenvalue weighted by atomic mass is 19.4. The quantitative estimate of drug-likeness (QED) is 0.570. The maximum absolute atomic E-state index is 12.7. The van der Waals surface area contributed by atoms with Crippen LogP contribution in [-0.2, 0) is 6.18 Å². The average molecular weight is 274 g/mol. The first-order valence-corrected chi connectivity index (χ1v) is 6.20. The minimum Gasteiger partial charge on any atom is -0.370 e. The first kappa shape index (κ1) is 13.9. The van der Waals surface area contributed by atoms with Crippen molar-refractivity contribution in [2.45, 2.75) is 25.9 Å². The van der Waals surface area contributed by atoms with E-state index in [-0.39, 0.29) is 11.6 Å². The average Bonchev–Trinajstić information content (AvgIpc) is 3.18. The van der Waals surface area contributed by atoms with Crippen molar-refractivity contribution >= 4 is 11.6 Å². The number of anilines is 2. The fourth-order valence-electron chi connectivity index (χ4n) is 1.96. The molecule has 1 saturated carbocycles. The summed E-state index contributed by atoms with van der Waals surface area (Å²) >= 11 is 0. The second kappa shape index (κ2) is 5.24. The zero-order chi connectivity index (χ0) is 14.0. The fourth-order valence-corrected chi connectivity index (χ4v) is 1.96. The van der Waals surface area contributed by atoms with Crippen molar-refractivity contribution in [3.63, 3.8) is 0 Å². The van der Waals surface area contributed by atoms with Crippen molar-refractivity contribution in [3.05, 3.63) is 17.7 Å². The molecule has 7 heteroatoms. The summed E-state index contributed by atoms with van der Waals surface area (Å²) < 4.78 is 38.1. The van der Waals surface area contributed by atoms with Gasteiger partial charge in [0.15, 0.2) is 0 Å². The normalized spacial score (nSPS) is 17.1. The molecule has 0 amide bonds. The van der Waals surface area contributed by atoms with Gasteiger partial charge in [0.25, 0.3) is 0 Å². The lowest BCUT2D eigenvalue weighted by molar-refractivity contribution is -0.137. The molecule has 1 atom stereocenters. The molecule has 19 heavy (non-hydrogen) atoms. The third-order valence-electron chi connectivity index (χ3n) is 3.33. The Bertz CT molecular complexity index is 443. The monoisotopic (exact) mass is 274 g/mol. The van der Waals surface area contributed by atoms with Gasteiger partial charge in [-0.05, 0) is 36.8 Å². The number of halogens is 3. The highest BCUT2D eigenvalue weighted by molar-refractivity contribution is 5.49. The molecule has 0 bridgehead atoms. The Balaban J connectivity index is 2.09. The smallest absolute Gasteiger partial charge is 0.370 e. The largest absolute Gasteiger partial charge is 0.416 e. The van der Waals surface area contributed by atoms with Crippen LogP contribution in [0.1, 0.15) is 25.3 Å². The van der Waals surface area contributed by atoms with Gasteiger partial charge in [-0.3, -0.25) is 0 Å². The summed E-state index contributed by atoms with van der Waals surface area (Å²) in [4.78, 5) is 3.97. The molecular formula is C12H17F3N4. The van der Waals surface area contributed by atoms with Gasteiger partial charge in [-0.15, -0.1) is 0 Å². The summed E-state index contributed by atoms with van der Waals surface area (Å²) in [5, 5.41) is 2.95. The molecule has 1 aliphatic carbocycles. The van der Waals surface area contributed by atoms with Gasteiger partial charge in [-0.1, -0.05) is 6.92 Å². The maximum Gasteiger partial charge on any atom is 0.416 e. The van der Waals surface area contributed by atoms with Gasteiger partial charge in [-0.25, -0.2) is 10.8 Å². The number of hydrogen-bond donors (Lipinski definition) is 3. The molecule has 0 aliphatic heterocycles. The zero-order valence-electron chi connectivity index (χ0n) is 10.6. The van der Waals surface area contributed by atoms with E-state index < -0.39 is 11.7 Å². The van der Waals surface area contributed by atoms with E-state index in [1.807, 2.05) is 0 Å². The highest BCUT2D eigenvalue weighted by Gasteiger charge is 2.32. The predicted molar refractivity (Wildman–Crippen MR) is 67.4 cm³/mol. The Morgan fingerprint density at radius 2 is 2.00 bits per heavy atom. The van der Waals surface area contributed by atoms with Crippen LogP contribution >= 0.6 is 0 Å². The number of nitrogens with two attached hydrogens (primary N) is 1. The second-order valence-corrected chi connectivity index (χ2v) is 4.96. The fraction of sp³-hybridized carbons (Fsp3) is 0.583. The van der Waals surface area contributed by atoms with Gasteiger partial charge < -0.3 is 10.7 Å². The lowest BCUT2D eigenvalue weighted by atomic mass is 10.1. The molecule has 1 fully saturated rings. The van der Waals surface area contributed by atoms with Gasteiger partial charge in [0.1, 0.15) is 11.6 Å². The molecule has 1 aliphatic rings. The van der Waals surface area contributed by atoms with E-state index in [4.69, 9.17) is 5.84 Å². The maximum atomic E-state index is 12.7. The highest BCUT2D eigenvalue weighted by Crippen LogP contribution is 2.37. The van der Waals surface area contributed by atoms with E-state index in [9.17, 15) is 13.2 Å². The number of aromatic nitrogens is 1. The topological polar surface area (TPSA) is 63.0 Å². The number of hydrazine groups is 1. The number of nitrogens with one attached hydrogen (secondary N) is 2. The van der Waals surface area contributed by atoms with Gasteiger partial charge in [-0.2, -0.15) is 13.2 Å². The Hall–Kier alpha value is -1.50. The van der Waals surface area contributed by atoms with E-state index in [0.717, 1.165) is 12.1 Å². The summed E-state index contributed by atoms with van der Waals surface area (Å²) in [7, 11) is 0. The van der Waals surface area contributed by atoms with E-state index >= 15 is 0 Å². The zero-order valence-corrected chi connectivity index (χ0v) is 10.6. The van der Waals surface area contributed by atoms with Crippen LogP contribution in [-0.4, -0.2) is 11.5 Å². The van der Waals surface area contributed by atoms with Crippen molar-refractivity contribution in [3.8, 4) is 0 Å². The molecule has 1 aromatic heterocycles. The lowest BCUT2D eigenvalue weighted by Gasteiger charge is -2.15. The summed E-state index contributed by atoms with van der Waals surface area (Å²) in [5.74, 6) is 6.45. The second-order valence-electron chi connectivity index (χ2n) is 4.96. The molecule has 0 saturated heterocycles. The van der Waals surface area contributed by atoms with Crippen molar-refractivity contribution in [1.29, 1.82) is 0 Å². The van der Waals surface area contributed by atoms with E-state index in [1.165, 1.54) is 12.8 Å². The van der Waals surface area contributed by atoms with Crippen molar-refractivity contribution in [2.24, 2.45) is 17.7 Å². The molecule has 1 unspecified atom stereocenters. The standard InChI is InChI=1S/C12H17F3N4/c1-7(8-2-3-8)6-17-10-4-9(12(13,14)15)5-11(18-10)19-16/h4-5,7-8H,2-3,6,16H2,1H3,(H2,17,18,19). The van der Waals surface area contributed by atoms with Crippen molar-refractivity contribution in [1.82, 2.24) is 4.98 Å². The summed E-state index contributed by atoms with van der Waals surface area (Å²) in [5.41, 5.74) is 1.38. The first-order chi connectivity index (χ1) is 8.90. The molecule has 0 spiro atoms. The lowest BCUT2D eigenvalue weighted by Crippen LogP contribution is -2.17. The van der Waals surface area contributed by atoms with Crippen LogP contribution in [0.2, 0.25) is 0 Å². The molecule has 4 nitrogen and oxygen atoms in total. The minimum atomic E-state index is -4.41. The van der Waals surface area contributed by atoms with Crippen molar-refractivity contribution in [2.75, 3.05) is 17.3 Å². The molecule has 0 radical (unpaired) electrons. The molecular weight excluding hydrogens is 257 g/mol. The predicted octanol–water partition coefficient (Wildman–Crippen LogP) is 2.84. The van der Waals surface area contributed by atoms with Gasteiger partial charge in [0, 0.05) is 6.54 Å². The third-order valence-corrected chi connectivity index (χ3v) is 3.33. The van der Waals surface area contributed by atoms with Gasteiger partial charge in [0.05, 0.1) is 5.56 Å². The molecule has 1 aromatic rings. The van der Waals surface area contributed by atoms with Crippen LogP contribution in [0.15, 0.2) is 12.1 Å². The van der Waals surface area contributed by atoms with E-state index in [1.54, 1.807) is 0 Å². The molecule has 0 aromatic carbocycles. The SMILES string of the molecule is CC(CNc1cc(C(F)(F)F)cc(NN)n1)C1CC1. The Morgan fingerprint density at radius 1 is 1.37 bits per heavy atom. The third kappa shape index (κ3) is 3.73. The summed E-state index contributed by atoms with van der Waals surface area (Å²) in [6.07, 6.45) is -2.00. The molecule has 106 valence electrons. The summed E-state index contributed by atoms with van der Waals surface area (Å²) in [6.45, 7) is 2.70. The number of rotatable bonds is 5. The molecule has 4 N–H and O–H groups in total. The number of hydrogen-bond acceptors (Lipinski definition) is 4. The first-order valence-electron chi connectivity index (χ1n) is 6.20. The van der Waals surface area contributed by atoms with E-state index in [0.29, 0.717) is 18.4 Å². The Morgan fingerprint density at radius 3 is 2.53 bits per heavy atom. The van der Waals surface area contributed by atoms with Crippen LogP contribution in [0, 0.1) is 11.8 Å². The van der Waals surface area contributed by atoms with Crippen LogP contribution in [0.25, 0.3) is 0 Å². The number of pyridine rings is 1. The number of alkyl halides is 3. The van der Waals surface area contributed by atoms with E-state index in [2.05, 4.69) is 22.7 Å². The Labute approximate surface area is 109 Å². The van der Waals surface area contributed by atoms with Gasteiger partial charge in [0.2, 0.25) is 0 Å². The number of nitrogens with zero attached hydrogens (tertiary/aromatic N) is 1.